The second-order valence-corrected chi connectivity index (χ2v) is 21.3. The Morgan fingerprint density at radius 3 is 1.75 bits per heavy atom. The van der Waals surface area contributed by atoms with Gasteiger partial charge in [0, 0.05) is 102 Å². The first-order valence-corrected chi connectivity index (χ1v) is 26.1. The fraction of sp³-hybridized carbons (Fsp3) is 0.466. The normalized spacial score (nSPS) is 18.2. The number of aromatic nitrogens is 6. The van der Waals surface area contributed by atoms with Gasteiger partial charge in [0.15, 0.2) is 11.5 Å². The summed E-state index contributed by atoms with van der Waals surface area (Å²) in [6, 6.07) is 17.2. The predicted molar refractivity (Wildman–Crippen MR) is 271 cm³/mol. The molecule has 11 nitrogen and oxygen atoms in total. The Morgan fingerprint density at radius 2 is 1.20 bits per heavy atom. The minimum Gasteiger partial charge on any atom is -0.334 e. The van der Waals surface area contributed by atoms with Gasteiger partial charge in [-0.1, -0.05) is 77.6 Å². The number of carbonyl (C=O) groups excluding carboxylic acids is 2. The van der Waals surface area contributed by atoms with Gasteiger partial charge in [0.2, 0.25) is 0 Å². The quantitative estimate of drug-likeness (QED) is 0.120. The first-order valence-electron chi connectivity index (χ1n) is 26.1. The summed E-state index contributed by atoms with van der Waals surface area (Å²) < 4.78 is 31.6. The summed E-state index contributed by atoms with van der Waals surface area (Å²) in [5, 5.41) is 18.7. The third-order valence-corrected chi connectivity index (χ3v) is 15.8. The van der Waals surface area contributed by atoms with Crippen molar-refractivity contribution in [1.82, 2.24) is 39.3 Å². The molecule has 13 heteroatoms. The van der Waals surface area contributed by atoms with Crippen molar-refractivity contribution in [3.63, 3.8) is 0 Å². The minimum atomic E-state index is -0.658. The van der Waals surface area contributed by atoms with Crippen LogP contribution in [0.15, 0.2) is 73.3 Å². The Kier molecular flexibility index (Phi) is 13.5. The van der Waals surface area contributed by atoms with Crippen molar-refractivity contribution in [3.8, 4) is 50.8 Å². The monoisotopic (exact) mass is 958 g/mol. The largest absolute Gasteiger partial charge is 0.334 e. The number of carbonyl (C=O) groups is 2. The van der Waals surface area contributed by atoms with E-state index in [0.29, 0.717) is 52.4 Å². The van der Waals surface area contributed by atoms with Crippen LogP contribution in [0.3, 0.4) is 0 Å². The molecule has 6 aliphatic rings. The van der Waals surface area contributed by atoms with Crippen LogP contribution >= 0.6 is 0 Å². The molecular formula is C58H65F2N9O2. The van der Waals surface area contributed by atoms with E-state index in [1.165, 1.54) is 75.8 Å². The number of fused-ring (bicyclic) bond motifs is 3. The average molecular weight is 958 g/mol. The van der Waals surface area contributed by atoms with Crippen molar-refractivity contribution in [3.05, 3.63) is 118 Å². The van der Waals surface area contributed by atoms with Crippen LogP contribution in [0.5, 0.6) is 0 Å². The Morgan fingerprint density at radius 1 is 0.662 bits per heavy atom. The molecule has 0 spiro atoms. The average Bonchev–Trinajstić information content (AvgIpc) is 4.11. The highest BCUT2D eigenvalue weighted by Gasteiger charge is 2.35. The molecule has 2 aliphatic heterocycles. The molecule has 12 rings (SSSR count). The van der Waals surface area contributed by atoms with E-state index in [1.54, 1.807) is 11.1 Å². The summed E-state index contributed by atoms with van der Waals surface area (Å²) in [5.74, 6) is -0.0840. The lowest BCUT2D eigenvalue weighted by Crippen LogP contribution is -2.26. The number of nitriles is 1. The van der Waals surface area contributed by atoms with Crippen molar-refractivity contribution in [2.75, 3.05) is 19.8 Å². The number of aryl methyl sites for hydroxylation is 2. The Hall–Kier alpha value is -6.55. The third-order valence-electron chi connectivity index (χ3n) is 15.8. The summed E-state index contributed by atoms with van der Waals surface area (Å²) in [6.45, 7) is 12.0. The molecule has 4 aromatic heterocycles. The van der Waals surface area contributed by atoms with Gasteiger partial charge in [-0.25, -0.2) is 13.8 Å². The number of pyridine rings is 2. The molecule has 0 N–H and O–H groups in total. The Bertz CT molecular complexity index is 3020. The molecule has 0 saturated heterocycles. The van der Waals surface area contributed by atoms with Crippen LogP contribution in [0.1, 0.15) is 147 Å². The predicted octanol–water partition coefficient (Wildman–Crippen LogP) is 12.2. The SMILES string of the molecule is CC.CC1(Cn2cc(-c3cc(F)c(C#N)nc3-c3ccc4c(c3)C(=O)N(CC3CC3)C4)cn2)CCCC1.CC1(Cn2cc(-c3cc4c(nc3-c3ccc5c(c3)C(=O)N(CCF)C5)CCC4)cn2)CCCC1. The molecule has 0 unspecified atom stereocenters. The first-order chi connectivity index (χ1) is 34.4. The summed E-state index contributed by atoms with van der Waals surface area (Å²) in [4.78, 5) is 38.9. The van der Waals surface area contributed by atoms with Gasteiger partial charge < -0.3 is 9.80 Å². The summed E-state index contributed by atoms with van der Waals surface area (Å²) in [7, 11) is 0. The Labute approximate surface area is 416 Å². The molecular weight excluding hydrogens is 893 g/mol. The zero-order valence-corrected chi connectivity index (χ0v) is 41.7. The lowest BCUT2D eigenvalue weighted by Gasteiger charge is -2.23. The summed E-state index contributed by atoms with van der Waals surface area (Å²) >= 11 is 0. The van der Waals surface area contributed by atoms with Crippen molar-refractivity contribution in [2.24, 2.45) is 16.7 Å². The van der Waals surface area contributed by atoms with E-state index in [0.717, 1.165) is 83.7 Å². The lowest BCUT2D eigenvalue weighted by atomic mass is 9.89. The van der Waals surface area contributed by atoms with Gasteiger partial charge in [-0.3, -0.25) is 23.9 Å². The number of amides is 2. The molecule has 71 heavy (non-hydrogen) atoms. The topological polar surface area (TPSA) is 126 Å². The maximum atomic E-state index is 14.7. The number of hydrogen-bond acceptors (Lipinski definition) is 7. The zero-order valence-electron chi connectivity index (χ0n) is 41.7. The van der Waals surface area contributed by atoms with Gasteiger partial charge in [0.05, 0.1) is 23.8 Å². The number of halogens is 2. The zero-order chi connectivity index (χ0) is 49.4. The number of benzene rings is 2. The third kappa shape index (κ3) is 9.92. The van der Waals surface area contributed by atoms with Crippen molar-refractivity contribution < 1.29 is 18.4 Å². The standard InChI is InChI=1S/C28H28FN5O.C28H31FN4O.C2H6/c1-28(8-2-3-9-28)17-34-16-21(13-31-34)22-11-24(29)25(12-30)32-26(22)19-6-7-20-15-33(14-18-4-5-18)27(35)23(20)10-19;1-28(9-2-3-10-28)18-33-17-22(15-30-33)23-13-19-5-4-6-25(19)31-26(23)20-7-8-21-16-32(12-11-29)27(34)24(21)14-20;1-2/h6-7,10-11,13,16,18H,2-5,8-9,14-15,17H2,1H3;7-8,13-15,17H,2-6,9-12,16,18H2,1H3;1-2H3. The molecule has 6 aromatic rings. The molecule has 3 saturated carbocycles. The van der Waals surface area contributed by atoms with Crippen LogP contribution in [0.2, 0.25) is 0 Å². The smallest absolute Gasteiger partial charge is 0.254 e. The number of rotatable bonds is 12. The lowest BCUT2D eigenvalue weighted by molar-refractivity contribution is 0.0762. The fourth-order valence-corrected chi connectivity index (χ4v) is 11.7. The number of nitrogens with zero attached hydrogens (tertiary/aromatic N) is 9. The second kappa shape index (κ2) is 19.9. The molecule has 4 aliphatic carbocycles. The van der Waals surface area contributed by atoms with Gasteiger partial charge in [0.1, 0.15) is 12.7 Å². The van der Waals surface area contributed by atoms with Crippen molar-refractivity contribution >= 4 is 11.8 Å². The van der Waals surface area contributed by atoms with E-state index < -0.39 is 12.5 Å². The highest BCUT2D eigenvalue weighted by Crippen LogP contribution is 2.43. The van der Waals surface area contributed by atoms with Gasteiger partial charge in [-0.05, 0) is 115 Å². The highest BCUT2D eigenvalue weighted by atomic mass is 19.1. The molecule has 0 bridgehead atoms. The molecule has 2 amide bonds. The van der Waals surface area contributed by atoms with Crippen LogP contribution in [0, 0.1) is 33.9 Å². The number of alkyl halides is 1. The Balaban J connectivity index is 0.000000159. The molecule has 0 radical (unpaired) electrons. The van der Waals surface area contributed by atoms with Crippen molar-refractivity contribution in [2.45, 2.75) is 137 Å². The highest BCUT2D eigenvalue weighted by molar-refractivity contribution is 6.01. The van der Waals surface area contributed by atoms with E-state index in [9.17, 15) is 23.6 Å². The molecule has 2 aromatic carbocycles. The molecule has 6 heterocycles. The van der Waals surface area contributed by atoms with Crippen LogP contribution in [0.25, 0.3) is 44.8 Å². The summed E-state index contributed by atoms with van der Waals surface area (Å²) in [6.07, 6.45) is 23.3. The summed E-state index contributed by atoms with van der Waals surface area (Å²) in [5.41, 5.74) is 12.6. The molecule has 0 atom stereocenters. The fourth-order valence-electron chi connectivity index (χ4n) is 11.7. The van der Waals surface area contributed by atoms with Gasteiger partial charge >= 0.3 is 0 Å². The van der Waals surface area contributed by atoms with Gasteiger partial charge in [-0.2, -0.15) is 15.5 Å². The van der Waals surface area contributed by atoms with Crippen LogP contribution in [-0.2, 0) is 39.0 Å². The van der Waals surface area contributed by atoms with Crippen LogP contribution in [0.4, 0.5) is 8.78 Å². The van der Waals surface area contributed by atoms with Gasteiger partial charge in [-0.15, -0.1) is 0 Å². The maximum Gasteiger partial charge on any atom is 0.254 e. The molecule has 368 valence electrons. The van der Waals surface area contributed by atoms with E-state index in [4.69, 9.17) is 10.1 Å². The van der Waals surface area contributed by atoms with Crippen LogP contribution < -0.4 is 0 Å². The van der Waals surface area contributed by atoms with E-state index in [1.807, 2.05) is 72.2 Å². The van der Waals surface area contributed by atoms with Crippen molar-refractivity contribution in [1.29, 1.82) is 5.26 Å². The maximum absolute atomic E-state index is 14.7. The van der Waals surface area contributed by atoms with E-state index >= 15 is 0 Å². The number of hydrogen-bond donors (Lipinski definition) is 0. The minimum absolute atomic E-state index is 0.0375. The van der Waals surface area contributed by atoms with Gasteiger partial charge in [0.25, 0.3) is 11.8 Å². The molecule has 3 fully saturated rings. The van der Waals surface area contributed by atoms with E-state index in [-0.39, 0.29) is 29.5 Å². The van der Waals surface area contributed by atoms with Crippen LogP contribution in [-0.4, -0.2) is 70.9 Å². The van der Waals surface area contributed by atoms with E-state index in [2.05, 4.69) is 46.9 Å². The second-order valence-electron chi connectivity index (χ2n) is 21.3. The first kappa shape index (κ1) is 48.1.